The summed E-state index contributed by atoms with van der Waals surface area (Å²) in [7, 11) is 0. The van der Waals surface area contributed by atoms with Crippen molar-refractivity contribution in [2.45, 2.75) is 90.3 Å². The molecule has 0 aromatic carbocycles. The SMILES string of the molecule is CCCC(=O)O[C@]1(C(=O)CO)CC[C@H]2[C@H]3CCC4=CC(=O)CC[C@]4(C)[C@H]3[C@@H](O)C[C@]21C. The van der Waals surface area contributed by atoms with Crippen LogP contribution in [0.2, 0.25) is 0 Å². The zero-order valence-electron chi connectivity index (χ0n) is 19.0. The maximum atomic E-state index is 13.1. The van der Waals surface area contributed by atoms with Gasteiger partial charge in [0.2, 0.25) is 5.78 Å². The fraction of sp³-hybridized carbons (Fsp3) is 0.800. The lowest BCUT2D eigenvalue weighted by molar-refractivity contribution is -0.202. The van der Waals surface area contributed by atoms with Gasteiger partial charge in [-0.15, -0.1) is 0 Å². The summed E-state index contributed by atoms with van der Waals surface area (Å²) in [4.78, 5) is 37.6. The molecule has 0 aromatic rings. The Morgan fingerprint density at radius 3 is 2.61 bits per heavy atom. The monoisotopic (exact) mass is 432 g/mol. The van der Waals surface area contributed by atoms with Gasteiger partial charge in [-0.2, -0.15) is 0 Å². The molecular weight excluding hydrogens is 396 g/mol. The van der Waals surface area contributed by atoms with Crippen molar-refractivity contribution in [1.82, 2.24) is 0 Å². The van der Waals surface area contributed by atoms with Crippen molar-refractivity contribution in [1.29, 1.82) is 0 Å². The van der Waals surface area contributed by atoms with Gasteiger partial charge >= 0.3 is 5.97 Å². The lowest BCUT2D eigenvalue weighted by Crippen LogP contribution is -2.63. The quantitative estimate of drug-likeness (QED) is 0.648. The molecule has 0 saturated heterocycles. The van der Waals surface area contributed by atoms with Crippen molar-refractivity contribution in [3.63, 3.8) is 0 Å². The van der Waals surface area contributed by atoms with E-state index in [9.17, 15) is 24.6 Å². The minimum atomic E-state index is -1.37. The maximum Gasteiger partial charge on any atom is 0.306 e. The van der Waals surface area contributed by atoms with Gasteiger partial charge in [-0.25, -0.2) is 0 Å². The number of hydrogen-bond donors (Lipinski definition) is 2. The first-order valence-electron chi connectivity index (χ1n) is 11.9. The third-order valence-corrected chi connectivity index (χ3v) is 9.35. The molecule has 0 aromatic heterocycles. The summed E-state index contributed by atoms with van der Waals surface area (Å²) in [5.41, 5.74) is -1.12. The molecule has 7 atom stereocenters. The van der Waals surface area contributed by atoms with E-state index in [0.29, 0.717) is 25.7 Å². The third kappa shape index (κ3) is 3.16. The average Bonchev–Trinajstić information content (AvgIpc) is 3.00. The van der Waals surface area contributed by atoms with E-state index >= 15 is 0 Å². The summed E-state index contributed by atoms with van der Waals surface area (Å²) in [6, 6.07) is 0. The van der Waals surface area contributed by atoms with Crippen LogP contribution < -0.4 is 0 Å². The fourth-order valence-corrected chi connectivity index (χ4v) is 7.94. The highest BCUT2D eigenvalue weighted by Gasteiger charge is 2.70. The van der Waals surface area contributed by atoms with Gasteiger partial charge in [0.1, 0.15) is 6.61 Å². The molecule has 0 amide bonds. The van der Waals surface area contributed by atoms with Crippen LogP contribution in [0.15, 0.2) is 11.6 Å². The van der Waals surface area contributed by atoms with Crippen LogP contribution >= 0.6 is 0 Å². The number of aliphatic hydroxyl groups is 2. The van der Waals surface area contributed by atoms with E-state index in [0.717, 1.165) is 31.3 Å². The Balaban J connectivity index is 1.73. The van der Waals surface area contributed by atoms with Crippen molar-refractivity contribution < 1.29 is 29.3 Å². The van der Waals surface area contributed by atoms with Gasteiger partial charge in [-0.3, -0.25) is 14.4 Å². The van der Waals surface area contributed by atoms with Gasteiger partial charge < -0.3 is 14.9 Å². The normalized spacial score (nSPS) is 44.0. The Hall–Kier alpha value is -1.53. The molecule has 6 nitrogen and oxygen atoms in total. The number of allylic oxidation sites excluding steroid dienone is 1. The first-order chi connectivity index (χ1) is 14.6. The molecule has 0 bridgehead atoms. The van der Waals surface area contributed by atoms with Crippen molar-refractivity contribution in [3.05, 3.63) is 11.6 Å². The predicted molar refractivity (Wildman–Crippen MR) is 114 cm³/mol. The maximum absolute atomic E-state index is 13.1. The number of carbonyl (C=O) groups is 3. The Morgan fingerprint density at radius 1 is 1.19 bits per heavy atom. The minimum absolute atomic E-state index is 0.0325. The van der Waals surface area contributed by atoms with Crippen LogP contribution in [0.3, 0.4) is 0 Å². The highest BCUT2D eigenvalue weighted by Crippen LogP contribution is 2.68. The summed E-state index contributed by atoms with van der Waals surface area (Å²) < 4.78 is 5.92. The summed E-state index contributed by atoms with van der Waals surface area (Å²) in [5.74, 6) is -0.320. The molecule has 6 heteroatoms. The van der Waals surface area contributed by atoms with Gasteiger partial charge in [-0.05, 0) is 74.2 Å². The average molecular weight is 433 g/mol. The molecule has 0 spiro atoms. The van der Waals surface area contributed by atoms with Crippen LogP contribution in [0.25, 0.3) is 0 Å². The summed E-state index contributed by atoms with van der Waals surface area (Å²) in [6.07, 6.45) is 6.48. The Morgan fingerprint density at radius 2 is 1.94 bits per heavy atom. The van der Waals surface area contributed by atoms with Crippen LogP contribution in [-0.4, -0.2) is 46.1 Å². The second-order valence-electron chi connectivity index (χ2n) is 10.7. The number of rotatable bonds is 5. The van der Waals surface area contributed by atoms with Crippen molar-refractivity contribution in [2.75, 3.05) is 6.61 Å². The minimum Gasteiger partial charge on any atom is -0.450 e. The lowest BCUT2D eigenvalue weighted by atomic mass is 9.45. The first kappa shape index (κ1) is 22.7. The number of hydrogen-bond acceptors (Lipinski definition) is 6. The fourth-order valence-electron chi connectivity index (χ4n) is 7.94. The van der Waals surface area contributed by atoms with E-state index < -0.39 is 35.5 Å². The molecule has 3 saturated carbocycles. The number of ketones is 2. The molecule has 3 fully saturated rings. The largest absolute Gasteiger partial charge is 0.450 e. The predicted octanol–water partition coefficient (Wildman–Crippen LogP) is 3.13. The van der Waals surface area contributed by atoms with E-state index in [1.807, 2.05) is 13.8 Å². The molecule has 0 radical (unpaired) electrons. The molecular formula is C25H36O6. The molecule has 172 valence electrons. The Labute approximate surface area is 184 Å². The third-order valence-electron chi connectivity index (χ3n) is 9.35. The molecule has 0 heterocycles. The number of ether oxygens (including phenoxy) is 1. The molecule has 4 aliphatic rings. The second kappa shape index (κ2) is 7.80. The van der Waals surface area contributed by atoms with E-state index in [1.165, 1.54) is 0 Å². The van der Waals surface area contributed by atoms with Crippen molar-refractivity contribution in [3.8, 4) is 0 Å². The van der Waals surface area contributed by atoms with Crippen LogP contribution in [0.1, 0.15) is 78.6 Å². The van der Waals surface area contributed by atoms with Gasteiger partial charge in [0.25, 0.3) is 0 Å². The number of esters is 1. The Kier molecular flexibility index (Phi) is 5.70. The van der Waals surface area contributed by atoms with Crippen LogP contribution in [-0.2, 0) is 19.1 Å². The van der Waals surface area contributed by atoms with Crippen molar-refractivity contribution >= 4 is 17.5 Å². The summed E-state index contributed by atoms with van der Waals surface area (Å²) >= 11 is 0. The van der Waals surface area contributed by atoms with E-state index in [4.69, 9.17) is 4.74 Å². The van der Waals surface area contributed by atoms with E-state index in [-0.39, 0.29) is 35.4 Å². The van der Waals surface area contributed by atoms with Gasteiger partial charge in [0.05, 0.1) is 6.10 Å². The first-order valence-corrected chi connectivity index (χ1v) is 11.9. The topological polar surface area (TPSA) is 101 Å². The standard InChI is InChI=1S/C25H36O6/c1-4-5-21(30)31-25(20(29)14-26)11-9-18-17-7-6-15-12-16(27)8-10-23(15,2)22(17)19(28)13-24(18,25)3/h12,17-19,22,26,28H,4-11,13-14H2,1-3H3/t17-,18+,19+,22-,23+,24-,25+/m1/s1. The molecule has 4 aliphatic carbocycles. The smallest absolute Gasteiger partial charge is 0.306 e. The highest BCUT2D eigenvalue weighted by molar-refractivity contribution is 5.92. The number of Topliss-reactive ketones (excluding diaryl/α,β-unsaturated/α-hetero) is 1. The second-order valence-corrected chi connectivity index (χ2v) is 10.7. The zero-order chi connectivity index (χ0) is 22.6. The Bertz CT molecular complexity index is 817. The summed E-state index contributed by atoms with van der Waals surface area (Å²) in [6.45, 7) is 5.39. The lowest BCUT2D eigenvalue weighted by Gasteiger charge is -2.60. The number of carbonyl (C=O) groups excluding carboxylic acids is 3. The molecule has 4 rings (SSSR count). The van der Waals surface area contributed by atoms with Crippen molar-refractivity contribution in [2.24, 2.45) is 28.6 Å². The highest BCUT2D eigenvalue weighted by atomic mass is 16.6. The molecule has 0 unspecified atom stereocenters. The van der Waals surface area contributed by atoms with Crippen LogP contribution in [0, 0.1) is 28.6 Å². The molecule has 31 heavy (non-hydrogen) atoms. The molecule has 0 aliphatic heterocycles. The van der Waals surface area contributed by atoms with Gasteiger partial charge in [-0.1, -0.05) is 26.3 Å². The van der Waals surface area contributed by atoms with Gasteiger partial charge in [0.15, 0.2) is 11.4 Å². The summed E-state index contributed by atoms with van der Waals surface area (Å²) in [5, 5.41) is 21.3. The van der Waals surface area contributed by atoms with Gasteiger partial charge in [0, 0.05) is 18.3 Å². The number of fused-ring (bicyclic) bond motifs is 5. The van der Waals surface area contributed by atoms with E-state index in [1.54, 1.807) is 6.08 Å². The molecule has 2 N–H and O–H groups in total. The number of aliphatic hydroxyl groups excluding tert-OH is 2. The zero-order valence-corrected chi connectivity index (χ0v) is 19.0. The van der Waals surface area contributed by atoms with Crippen LogP contribution in [0.5, 0.6) is 0 Å². The van der Waals surface area contributed by atoms with Crippen LogP contribution in [0.4, 0.5) is 0 Å². The van der Waals surface area contributed by atoms with E-state index in [2.05, 4.69) is 6.92 Å².